The van der Waals surface area contributed by atoms with Gasteiger partial charge in [0.25, 0.3) is 0 Å². The van der Waals surface area contributed by atoms with E-state index < -0.39 is 0 Å². The topological polar surface area (TPSA) is 42.4 Å². The first-order valence-electron chi connectivity index (χ1n) is 8.61. The van der Waals surface area contributed by atoms with Crippen molar-refractivity contribution in [3.05, 3.63) is 24.5 Å². The summed E-state index contributed by atoms with van der Waals surface area (Å²) in [6, 6.07) is 3.91. The van der Waals surface area contributed by atoms with E-state index in [2.05, 4.69) is 11.9 Å². The Morgan fingerprint density at radius 1 is 1.41 bits per heavy atom. The van der Waals surface area contributed by atoms with Crippen molar-refractivity contribution >= 4 is 11.6 Å². The summed E-state index contributed by atoms with van der Waals surface area (Å²) in [5.41, 5.74) is 0.943. The van der Waals surface area contributed by atoms with Crippen LogP contribution in [0.5, 0.6) is 0 Å². The number of amides is 1. The van der Waals surface area contributed by atoms with Crippen LogP contribution in [0.1, 0.15) is 45.4 Å². The number of ether oxygens (including phenoxy) is 1. The number of pyridine rings is 1. The highest BCUT2D eigenvalue weighted by Crippen LogP contribution is 2.33. The van der Waals surface area contributed by atoms with Crippen molar-refractivity contribution < 1.29 is 9.53 Å². The van der Waals surface area contributed by atoms with Gasteiger partial charge in [0.05, 0.1) is 18.0 Å². The van der Waals surface area contributed by atoms with E-state index in [4.69, 9.17) is 4.74 Å². The van der Waals surface area contributed by atoms with Crippen molar-refractivity contribution in [1.82, 2.24) is 4.98 Å². The molecule has 2 aliphatic rings. The van der Waals surface area contributed by atoms with Gasteiger partial charge in [0.15, 0.2) is 0 Å². The third kappa shape index (κ3) is 3.86. The van der Waals surface area contributed by atoms with Crippen LogP contribution >= 0.6 is 0 Å². The summed E-state index contributed by atoms with van der Waals surface area (Å²) < 4.78 is 5.79. The normalized spacial score (nSPS) is 25.0. The second kappa shape index (κ2) is 7.23. The number of hydrogen-bond acceptors (Lipinski definition) is 3. The van der Waals surface area contributed by atoms with E-state index in [1.54, 1.807) is 6.20 Å². The van der Waals surface area contributed by atoms with E-state index in [1.807, 2.05) is 23.2 Å². The first kappa shape index (κ1) is 15.5. The first-order chi connectivity index (χ1) is 10.8. The molecule has 1 saturated heterocycles. The quantitative estimate of drug-likeness (QED) is 0.808. The molecule has 2 fully saturated rings. The van der Waals surface area contributed by atoms with Gasteiger partial charge < -0.3 is 9.64 Å². The molecule has 0 spiro atoms. The monoisotopic (exact) mass is 302 g/mol. The maximum atomic E-state index is 13.1. The van der Waals surface area contributed by atoms with Gasteiger partial charge in [-0.05, 0) is 50.2 Å². The van der Waals surface area contributed by atoms with Gasteiger partial charge >= 0.3 is 0 Å². The van der Waals surface area contributed by atoms with E-state index in [0.717, 1.165) is 37.9 Å². The summed E-state index contributed by atoms with van der Waals surface area (Å²) in [4.78, 5) is 19.2. The molecule has 4 nitrogen and oxygen atoms in total. The lowest BCUT2D eigenvalue weighted by Gasteiger charge is -2.33. The predicted molar refractivity (Wildman–Crippen MR) is 86.7 cm³/mol. The molecule has 3 rings (SSSR count). The zero-order valence-corrected chi connectivity index (χ0v) is 13.4. The standard InChI is InChI=1S/C18H26N2O2/c1-2-4-17-11-15(8-10-22-17)18(21)20(13-14-6-7-14)16-5-3-9-19-12-16/h3,5,9,12,14-15,17H,2,4,6-8,10-11,13H2,1H3. The number of rotatable bonds is 6. The van der Waals surface area contributed by atoms with E-state index in [1.165, 1.54) is 12.8 Å². The molecule has 2 heterocycles. The molecule has 120 valence electrons. The number of carbonyl (C=O) groups is 1. The van der Waals surface area contributed by atoms with Crippen molar-refractivity contribution in [2.45, 2.75) is 51.6 Å². The predicted octanol–water partition coefficient (Wildman–Crippen LogP) is 3.42. The highest BCUT2D eigenvalue weighted by molar-refractivity contribution is 5.95. The van der Waals surface area contributed by atoms with Crippen LogP contribution in [0.2, 0.25) is 0 Å². The third-order valence-corrected chi connectivity index (χ3v) is 4.69. The van der Waals surface area contributed by atoms with Gasteiger partial charge in [-0.1, -0.05) is 13.3 Å². The van der Waals surface area contributed by atoms with Gasteiger partial charge in [-0.15, -0.1) is 0 Å². The summed E-state index contributed by atoms with van der Waals surface area (Å²) in [5.74, 6) is 1.05. The molecule has 0 aromatic carbocycles. The summed E-state index contributed by atoms with van der Waals surface area (Å²) in [7, 11) is 0. The Morgan fingerprint density at radius 2 is 2.27 bits per heavy atom. The van der Waals surface area contributed by atoms with E-state index in [9.17, 15) is 4.79 Å². The van der Waals surface area contributed by atoms with Gasteiger partial charge in [-0.2, -0.15) is 0 Å². The van der Waals surface area contributed by atoms with Crippen molar-refractivity contribution in [1.29, 1.82) is 0 Å². The van der Waals surface area contributed by atoms with Crippen molar-refractivity contribution in [2.24, 2.45) is 11.8 Å². The summed E-state index contributed by atoms with van der Waals surface area (Å²) in [6.45, 7) is 3.73. The van der Waals surface area contributed by atoms with E-state index >= 15 is 0 Å². The molecule has 0 bridgehead atoms. The minimum absolute atomic E-state index is 0.101. The molecular weight excluding hydrogens is 276 g/mol. The van der Waals surface area contributed by atoms with Gasteiger partial charge in [0, 0.05) is 25.3 Å². The molecule has 1 aliphatic heterocycles. The summed E-state index contributed by atoms with van der Waals surface area (Å²) in [5, 5.41) is 0. The fraction of sp³-hybridized carbons (Fsp3) is 0.667. The molecule has 1 amide bonds. The summed E-state index contributed by atoms with van der Waals surface area (Å²) in [6.07, 6.45) is 10.2. The Balaban J connectivity index is 1.71. The second-order valence-corrected chi connectivity index (χ2v) is 6.61. The molecule has 1 aromatic heterocycles. The molecule has 22 heavy (non-hydrogen) atoms. The fourth-order valence-electron chi connectivity index (χ4n) is 3.24. The molecule has 1 saturated carbocycles. The molecule has 1 aliphatic carbocycles. The highest BCUT2D eigenvalue weighted by Gasteiger charge is 2.34. The molecule has 0 N–H and O–H groups in total. The number of hydrogen-bond donors (Lipinski definition) is 0. The Kier molecular flexibility index (Phi) is 5.08. The molecule has 0 radical (unpaired) electrons. The third-order valence-electron chi connectivity index (χ3n) is 4.69. The average Bonchev–Trinajstić information content (AvgIpc) is 3.38. The number of carbonyl (C=O) groups excluding carboxylic acids is 1. The zero-order chi connectivity index (χ0) is 15.4. The number of nitrogens with zero attached hydrogens (tertiary/aromatic N) is 2. The van der Waals surface area contributed by atoms with E-state index in [-0.39, 0.29) is 17.9 Å². The fourth-order valence-corrected chi connectivity index (χ4v) is 3.24. The van der Waals surface area contributed by atoms with E-state index in [0.29, 0.717) is 12.5 Å². The molecule has 1 aromatic rings. The SMILES string of the molecule is CCCC1CC(C(=O)N(CC2CC2)c2cccnc2)CCO1. The van der Waals surface area contributed by atoms with Gasteiger partial charge in [-0.3, -0.25) is 9.78 Å². The van der Waals surface area contributed by atoms with Crippen LogP contribution in [0.3, 0.4) is 0 Å². The molecule has 4 heteroatoms. The Hall–Kier alpha value is -1.42. The van der Waals surface area contributed by atoms with Crippen LogP contribution in [0.25, 0.3) is 0 Å². The smallest absolute Gasteiger partial charge is 0.230 e. The molecular formula is C18H26N2O2. The van der Waals surface area contributed by atoms with Crippen molar-refractivity contribution in [2.75, 3.05) is 18.1 Å². The van der Waals surface area contributed by atoms with Gasteiger partial charge in [-0.25, -0.2) is 0 Å². The molecule has 2 unspecified atom stereocenters. The second-order valence-electron chi connectivity index (χ2n) is 6.61. The van der Waals surface area contributed by atoms with Crippen LogP contribution in [0.4, 0.5) is 5.69 Å². The minimum Gasteiger partial charge on any atom is -0.378 e. The van der Waals surface area contributed by atoms with Gasteiger partial charge in [0.2, 0.25) is 5.91 Å². The minimum atomic E-state index is 0.101. The number of anilines is 1. The highest BCUT2D eigenvalue weighted by atomic mass is 16.5. The molecule has 2 atom stereocenters. The van der Waals surface area contributed by atoms with Crippen molar-refractivity contribution in [3.8, 4) is 0 Å². The largest absolute Gasteiger partial charge is 0.378 e. The maximum absolute atomic E-state index is 13.1. The van der Waals surface area contributed by atoms with Crippen LogP contribution < -0.4 is 4.90 Å². The summed E-state index contributed by atoms with van der Waals surface area (Å²) >= 11 is 0. The Labute approximate surface area is 132 Å². The van der Waals surface area contributed by atoms with Gasteiger partial charge in [0.1, 0.15) is 0 Å². The average molecular weight is 302 g/mol. The van der Waals surface area contributed by atoms with Crippen molar-refractivity contribution in [3.63, 3.8) is 0 Å². The first-order valence-corrected chi connectivity index (χ1v) is 8.61. The lowest BCUT2D eigenvalue weighted by atomic mass is 9.92. The van der Waals surface area contributed by atoms with Crippen LogP contribution in [-0.2, 0) is 9.53 Å². The zero-order valence-electron chi connectivity index (χ0n) is 13.4. The lowest BCUT2D eigenvalue weighted by molar-refractivity contribution is -0.127. The number of aromatic nitrogens is 1. The maximum Gasteiger partial charge on any atom is 0.230 e. The Bertz CT molecular complexity index is 485. The Morgan fingerprint density at radius 3 is 2.95 bits per heavy atom. The van der Waals surface area contributed by atoms with Crippen LogP contribution in [0, 0.1) is 11.8 Å². The van der Waals surface area contributed by atoms with Crippen LogP contribution in [0.15, 0.2) is 24.5 Å². The lowest BCUT2D eigenvalue weighted by Crippen LogP contribution is -2.41. The van der Waals surface area contributed by atoms with Crippen LogP contribution in [-0.4, -0.2) is 30.1 Å².